The van der Waals surface area contributed by atoms with Crippen LogP contribution in [0.25, 0.3) is 32.8 Å². The maximum absolute atomic E-state index is 11.5. The quantitative estimate of drug-likeness (QED) is 0.460. The molecule has 0 fully saturated rings. The van der Waals surface area contributed by atoms with Gasteiger partial charge in [-0.1, -0.05) is 48.5 Å². The number of fused-ring (bicyclic) bond motifs is 4. The molecule has 3 aromatic carbocycles. The molecular formula is C24H22N4O2. The normalized spacial score (nSPS) is 12.7. The summed E-state index contributed by atoms with van der Waals surface area (Å²) in [5.41, 5.74) is 9.27. The summed E-state index contributed by atoms with van der Waals surface area (Å²) >= 11 is 0. The van der Waals surface area contributed by atoms with Crippen LogP contribution < -0.4 is 5.73 Å². The zero-order chi connectivity index (χ0) is 20.7. The number of nitrogens with two attached hydrogens (primary N) is 1. The molecule has 0 aliphatic heterocycles. The summed E-state index contributed by atoms with van der Waals surface area (Å²) in [5.74, 6) is 0.133. The monoisotopic (exact) mass is 398 g/mol. The number of carbonyl (C=O) groups is 1. The van der Waals surface area contributed by atoms with E-state index in [1.165, 1.54) is 10.8 Å². The van der Waals surface area contributed by atoms with Gasteiger partial charge in [0.2, 0.25) is 5.91 Å². The van der Waals surface area contributed by atoms with Crippen LogP contribution in [-0.4, -0.2) is 31.2 Å². The summed E-state index contributed by atoms with van der Waals surface area (Å²) in [7, 11) is 0. The molecule has 6 nitrogen and oxygen atoms in total. The second-order valence-electron chi connectivity index (χ2n) is 7.57. The number of imidazole rings is 1. The van der Waals surface area contributed by atoms with E-state index < -0.39 is 12.0 Å². The highest BCUT2D eigenvalue weighted by Crippen LogP contribution is 2.29. The minimum Gasteiger partial charge on any atom is -0.389 e. The molecular weight excluding hydrogens is 376 g/mol. The van der Waals surface area contributed by atoms with Crippen LogP contribution >= 0.6 is 0 Å². The predicted molar refractivity (Wildman–Crippen MR) is 118 cm³/mol. The zero-order valence-electron chi connectivity index (χ0n) is 16.4. The van der Waals surface area contributed by atoms with Gasteiger partial charge in [0, 0.05) is 21.8 Å². The van der Waals surface area contributed by atoms with Gasteiger partial charge < -0.3 is 20.0 Å². The van der Waals surface area contributed by atoms with E-state index in [0.29, 0.717) is 18.9 Å². The highest BCUT2D eigenvalue weighted by atomic mass is 16.3. The third kappa shape index (κ3) is 3.11. The Balaban J connectivity index is 1.53. The number of rotatable bonds is 6. The summed E-state index contributed by atoms with van der Waals surface area (Å²) in [6, 6.07) is 24.1. The molecule has 2 heterocycles. The van der Waals surface area contributed by atoms with Gasteiger partial charge in [-0.05, 0) is 24.3 Å². The Labute approximate surface area is 173 Å². The molecule has 5 aromatic rings. The highest BCUT2D eigenvalue weighted by molar-refractivity contribution is 6.07. The number of hydrogen-bond acceptors (Lipinski definition) is 3. The van der Waals surface area contributed by atoms with E-state index in [-0.39, 0.29) is 6.42 Å². The average Bonchev–Trinajstić information content (AvgIpc) is 3.24. The summed E-state index contributed by atoms with van der Waals surface area (Å²) in [5, 5.41) is 13.4. The molecule has 0 aliphatic carbocycles. The Hall–Kier alpha value is -3.64. The van der Waals surface area contributed by atoms with Crippen LogP contribution in [0.1, 0.15) is 5.82 Å². The minimum absolute atomic E-state index is 0.0385. The molecule has 0 aliphatic rings. The first-order valence-electron chi connectivity index (χ1n) is 9.98. The van der Waals surface area contributed by atoms with Crippen molar-refractivity contribution in [2.75, 3.05) is 0 Å². The summed E-state index contributed by atoms with van der Waals surface area (Å²) in [6.07, 6.45) is -0.634. The van der Waals surface area contributed by atoms with Crippen molar-refractivity contribution >= 4 is 38.7 Å². The van der Waals surface area contributed by atoms with E-state index in [1.807, 2.05) is 53.1 Å². The average molecular weight is 398 g/mol. The number of para-hydroxylation sites is 4. The van der Waals surface area contributed by atoms with Gasteiger partial charge in [0.25, 0.3) is 0 Å². The van der Waals surface area contributed by atoms with Gasteiger partial charge in [-0.2, -0.15) is 0 Å². The van der Waals surface area contributed by atoms with Crippen molar-refractivity contribution in [3.63, 3.8) is 0 Å². The number of aliphatic hydroxyl groups is 1. The standard InChI is InChI=1S/C24H22N4O2/c25-23(30)13-24-26-19-9-3-6-12-22(19)28(24)15-16(29)14-27-20-10-4-1-7-17(20)18-8-2-5-11-21(18)27/h1-12,16,29H,13-15H2,(H2,25,30)/t16-/m1/s1. The van der Waals surface area contributed by atoms with Gasteiger partial charge in [0.1, 0.15) is 5.82 Å². The van der Waals surface area contributed by atoms with Gasteiger partial charge >= 0.3 is 0 Å². The first-order valence-corrected chi connectivity index (χ1v) is 9.98. The number of nitrogens with zero attached hydrogens (tertiary/aromatic N) is 3. The predicted octanol–water partition coefficient (Wildman–Crippen LogP) is 3.23. The fourth-order valence-corrected chi connectivity index (χ4v) is 4.30. The lowest BCUT2D eigenvalue weighted by molar-refractivity contribution is -0.117. The van der Waals surface area contributed by atoms with Crippen LogP contribution in [0.15, 0.2) is 72.8 Å². The Morgan fingerprint density at radius 3 is 2.00 bits per heavy atom. The molecule has 150 valence electrons. The topological polar surface area (TPSA) is 86.1 Å². The smallest absolute Gasteiger partial charge is 0.225 e. The van der Waals surface area contributed by atoms with Crippen molar-refractivity contribution < 1.29 is 9.90 Å². The fraction of sp³-hybridized carbons (Fsp3) is 0.167. The molecule has 3 N–H and O–H groups in total. The van der Waals surface area contributed by atoms with E-state index in [4.69, 9.17) is 5.73 Å². The van der Waals surface area contributed by atoms with E-state index >= 15 is 0 Å². The lowest BCUT2D eigenvalue weighted by atomic mass is 10.2. The summed E-state index contributed by atoms with van der Waals surface area (Å²) < 4.78 is 4.06. The number of primary amides is 1. The second kappa shape index (κ2) is 7.31. The summed E-state index contributed by atoms with van der Waals surface area (Å²) in [4.78, 5) is 16.1. The van der Waals surface area contributed by atoms with Gasteiger partial charge in [-0.15, -0.1) is 0 Å². The van der Waals surface area contributed by atoms with Gasteiger partial charge in [0.05, 0.1) is 36.6 Å². The van der Waals surface area contributed by atoms with E-state index in [0.717, 1.165) is 22.1 Å². The summed E-state index contributed by atoms with van der Waals surface area (Å²) in [6.45, 7) is 0.751. The van der Waals surface area contributed by atoms with Gasteiger partial charge in [-0.3, -0.25) is 4.79 Å². The van der Waals surface area contributed by atoms with Crippen molar-refractivity contribution in [3.8, 4) is 0 Å². The van der Waals surface area contributed by atoms with Crippen LogP contribution in [0.2, 0.25) is 0 Å². The molecule has 2 aromatic heterocycles. The Kier molecular flexibility index (Phi) is 4.48. The van der Waals surface area contributed by atoms with Crippen LogP contribution in [-0.2, 0) is 24.3 Å². The highest BCUT2D eigenvalue weighted by Gasteiger charge is 2.18. The lowest BCUT2D eigenvalue weighted by Crippen LogP contribution is -2.25. The molecule has 30 heavy (non-hydrogen) atoms. The number of hydrogen-bond donors (Lipinski definition) is 2. The van der Waals surface area contributed by atoms with Crippen molar-refractivity contribution in [3.05, 3.63) is 78.6 Å². The molecule has 0 radical (unpaired) electrons. The van der Waals surface area contributed by atoms with E-state index in [2.05, 4.69) is 33.8 Å². The Morgan fingerprint density at radius 2 is 1.37 bits per heavy atom. The van der Waals surface area contributed by atoms with Crippen molar-refractivity contribution in [1.82, 2.24) is 14.1 Å². The molecule has 0 bridgehead atoms. The van der Waals surface area contributed by atoms with Crippen molar-refractivity contribution in [2.45, 2.75) is 25.6 Å². The number of benzene rings is 3. The maximum Gasteiger partial charge on any atom is 0.225 e. The molecule has 0 saturated carbocycles. The van der Waals surface area contributed by atoms with Crippen LogP contribution in [0.4, 0.5) is 0 Å². The number of aliphatic hydroxyl groups excluding tert-OH is 1. The molecule has 1 atom stereocenters. The first-order chi connectivity index (χ1) is 14.6. The van der Waals surface area contributed by atoms with Crippen LogP contribution in [0.5, 0.6) is 0 Å². The van der Waals surface area contributed by atoms with Crippen molar-refractivity contribution in [2.24, 2.45) is 5.73 Å². The number of aromatic nitrogens is 3. The lowest BCUT2D eigenvalue weighted by Gasteiger charge is -2.17. The Bertz CT molecular complexity index is 1330. The number of amides is 1. The largest absolute Gasteiger partial charge is 0.389 e. The maximum atomic E-state index is 11.5. The van der Waals surface area contributed by atoms with Crippen LogP contribution in [0, 0.1) is 0 Å². The zero-order valence-corrected chi connectivity index (χ0v) is 16.4. The van der Waals surface area contributed by atoms with Gasteiger partial charge in [-0.25, -0.2) is 4.98 Å². The molecule has 0 unspecified atom stereocenters. The third-order valence-corrected chi connectivity index (χ3v) is 5.53. The fourth-order valence-electron chi connectivity index (χ4n) is 4.30. The van der Waals surface area contributed by atoms with E-state index in [9.17, 15) is 9.90 Å². The van der Waals surface area contributed by atoms with Crippen molar-refractivity contribution in [1.29, 1.82) is 0 Å². The third-order valence-electron chi connectivity index (χ3n) is 5.53. The SMILES string of the molecule is NC(=O)Cc1nc2ccccc2n1C[C@H](O)Cn1c2ccccc2c2ccccc21. The van der Waals surface area contributed by atoms with E-state index in [1.54, 1.807) is 0 Å². The Morgan fingerprint density at radius 1 is 0.833 bits per heavy atom. The van der Waals surface area contributed by atoms with Gasteiger partial charge in [0.15, 0.2) is 0 Å². The molecule has 1 amide bonds. The second-order valence-corrected chi connectivity index (χ2v) is 7.57. The minimum atomic E-state index is -0.673. The molecule has 0 spiro atoms. The molecule has 6 heteroatoms. The molecule has 5 rings (SSSR count). The number of carbonyl (C=O) groups excluding carboxylic acids is 1. The first kappa shape index (κ1) is 18.4. The van der Waals surface area contributed by atoms with Crippen LogP contribution in [0.3, 0.4) is 0 Å². The molecule has 0 saturated heterocycles.